The number of aromatic nitrogens is 3. The van der Waals surface area contributed by atoms with E-state index in [1.807, 2.05) is 24.6 Å². The molecule has 30 heavy (non-hydrogen) atoms. The Kier molecular flexibility index (Phi) is 9.12. The number of nitrogens with one attached hydrogen (secondary N) is 2. The number of aryl methyl sites for hydroxylation is 1. The molecule has 0 radical (unpaired) electrons. The van der Waals surface area contributed by atoms with E-state index in [4.69, 9.17) is 4.99 Å². The predicted molar refractivity (Wildman–Crippen MR) is 134 cm³/mol. The SMILES string of the molecule is Cc1nnc(CN=C(NCC2(CC(C)C)CCC2)NC(C)c2ccccc2)n1C.I. The van der Waals surface area contributed by atoms with E-state index in [0.717, 1.165) is 30.1 Å². The fraction of sp³-hybridized carbons (Fsp3) is 0.609. The Morgan fingerprint density at radius 1 is 1.17 bits per heavy atom. The maximum Gasteiger partial charge on any atom is 0.192 e. The molecule has 0 aliphatic heterocycles. The van der Waals surface area contributed by atoms with E-state index >= 15 is 0 Å². The summed E-state index contributed by atoms with van der Waals surface area (Å²) in [4.78, 5) is 4.85. The lowest BCUT2D eigenvalue weighted by molar-refractivity contribution is 0.104. The molecule has 2 aromatic rings. The van der Waals surface area contributed by atoms with E-state index < -0.39 is 0 Å². The fourth-order valence-corrected chi connectivity index (χ4v) is 4.19. The van der Waals surface area contributed by atoms with Gasteiger partial charge in [0.15, 0.2) is 11.8 Å². The van der Waals surface area contributed by atoms with Crippen molar-refractivity contribution < 1.29 is 0 Å². The highest BCUT2D eigenvalue weighted by molar-refractivity contribution is 14.0. The van der Waals surface area contributed by atoms with Crippen molar-refractivity contribution >= 4 is 29.9 Å². The normalized spacial score (nSPS) is 16.5. The summed E-state index contributed by atoms with van der Waals surface area (Å²) in [6.07, 6.45) is 5.22. The van der Waals surface area contributed by atoms with Gasteiger partial charge in [-0.05, 0) is 50.0 Å². The molecular weight excluding hydrogens is 487 g/mol. The Balaban J connectivity index is 0.00000320. The molecule has 3 rings (SSSR count). The van der Waals surface area contributed by atoms with Crippen LogP contribution < -0.4 is 10.6 Å². The first-order chi connectivity index (χ1) is 13.9. The number of rotatable bonds is 8. The molecule has 1 unspecified atom stereocenters. The average Bonchev–Trinajstić information content (AvgIpc) is 3.00. The van der Waals surface area contributed by atoms with E-state index in [-0.39, 0.29) is 30.0 Å². The zero-order valence-corrected chi connectivity index (χ0v) is 21.3. The van der Waals surface area contributed by atoms with Gasteiger partial charge in [-0.3, -0.25) is 0 Å². The van der Waals surface area contributed by atoms with Crippen molar-refractivity contribution in [2.24, 2.45) is 23.4 Å². The van der Waals surface area contributed by atoms with Gasteiger partial charge < -0.3 is 15.2 Å². The minimum absolute atomic E-state index is 0. The largest absolute Gasteiger partial charge is 0.356 e. The number of guanidine groups is 1. The maximum absolute atomic E-state index is 4.85. The summed E-state index contributed by atoms with van der Waals surface area (Å²) in [5, 5.41) is 15.6. The number of aliphatic imine (C=N–C) groups is 1. The van der Waals surface area contributed by atoms with Crippen molar-refractivity contribution in [1.82, 2.24) is 25.4 Å². The first kappa shape index (κ1) is 24.6. The molecule has 166 valence electrons. The van der Waals surface area contributed by atoms with Crippen LogP contribution in [0.15, 0.2) is 35.3 Å². The molecule has 1 saturated carbocycles. The second kappa shape index (κ2) is 11.1. The highest BCUT2D eigenvalue weighted by atomic mass is 127. The number of benzene rings is 1. The molecule has 0 saturated heterocycles. The smallest absolute Gasteiger partial charge is 0.192 e. The summed E-state index contributed by atoms with van der Waals surface area (Å²) in [7, 11) is 1.99. The summed E-state index contributed by atoms with van der Waals surface area (Å²) in [6.45, 7) is 10.2. The minimum Gasteiger partial charge on any atom is -0.356 e. The Morgan fingerprint density at radius 3 is 2.40 bits per heavy atom. The Labute approximate surface area is 198 Å². The van der Waals surface area contributed by atoms with E-state index in [2.05, 4.69) is 65.9 Å². The molecule has 7 heteroatoms. The zero-order valence-electron chi connectivity index (χ0n) is 19.0. The first-order valence-electron chi connectivity index (χ1n) is 10.8. The third kappa shape index (κ3) is 6.43. The van der Waals surface area contributed by atoms with Crippen LogP contribution in [-0.2, 0) is 13.6 Å². The van der Waals surface area contributed by atoms with E-state index in [0.29, 0.717) is 12.0 Å². The summed E-state index contributed by atoms with van der Waals surface area (Å²) in [5.41, 5.74) is 1.66. The number of nitrogens with zero attached hydrogens (tertiary/aromatic N) is 4. The number of hydrogen-bond acceptors (Lipinski definition) is 3. The Bertz CT molecular complexity index is 810. The zero-order chi connectivity index (χ0) is 20.9. The summed E-state index contributed by atoms with van der Waals surface area (Å²) >= 11 is 0. The molecule has 1 aliphatic rings. The van der Waals surface area contributed by atoms with Crippen molar-refractivity contribution in [3.63, 3.8) is 0 Å². The highest BCUT2D eigenvalue weighted by Gasteiger charge is 2.37. The fourth-order valence-electron chi connectivity index (χ4n) is 4.19. The molecule has 1 aromatic carbocycles. The van der Waals surface area contributed by atoms with Gasteiger partial charge in [0.25, 0.3) is 0 Å². The molecule has 2 N–H and O–H groups in total. The van der Waals surface area contributed by atoms with Gasteiger partial charge in [-0.1, -0.05) is 50.6 Å². The predicted octanol–water partition coefficient (Wildman–Crippen LogP) is 4.75. The second-order valence-electron chi connectivity index (χ2n) is 8.97. The molecular formula is C23H37IN6. The van der Waals surface area contributed by atoms with Crippen LogP contribution in [0.3, 0.4) is 0 Å². The minimum atomic E-state index is 0. The average molecular weight is 524 g/mol. The quantitative estimate of drug-likeness (QED) is 0.297. The van der Waals surface area contributed by atoms with Crippen molar-refractivity contribution in [2.75, 3.05) is 6.54 Å². The third-order valence-corrected chi connectivity index (χ3v) is 6.10. The van der Waals surface area contributed by atoms with Crippen LogP contribution in [0.5, 0.6) is 0 Å². The van der Waals surface area contributed by atoms with Crippen LogP contribution in [0, 0.1) is 18.3 Å². The third-order valence-electron chi connectivity index (χ3n) is 6.10. The van der Waals surface area contributed by atoms with Gasteiger partial charge in [-0.2, -0.15) is 0 Å². The van der Waals surface area contributed by atoms with Gasteiger partial charge in [0.2, 0.25) is 0 Å². The van der Waals surface area contributed by atoms with Crippen molar-refractivity contribution in [3.05, 3.63) is 47.5 Å². The van der Waals surface area contributed by atoms with Gasteiger partial charge in [0.05, 0.1) is 6.04 Å². The van der Waals surface area contributed by atoms with Crippen LogP contribution in [0.25, 0.3) is 0 Å². The molecule has 0 amide bonds. The topological polar surface area (TPSA) is 67.1 Å². The molecule has 1 fully saturated rings. The molecule has 1 aromatic heterocycles. The Morgan fingerprint density at radius 2 is 1.87 bits per heavy atom. The molecule has 0 bridgehead atoms. The summed E-state index contributed by atoms with van der Waals surface area (Å²) in [5.74, 6) is 3.34. The molecule has 0 spiro atoms. The van der Waals surface area contributed by atoms with Crippen molar-refractivity contribution in [3.8, 4) is 0 Å². The lowest BCUT2D eigenvalue weighted by Gasteiger charge is -2.43. The van der Waals surface area contributed by atoms with Gasteiger partial charge in [0.1, 0.15) is 12.4 Å². The van der Waals surface area contributed by atoms with Gasteiger partial charge in [-0.25, -0.2) is 4.99 Å². The molecule has 1 aliphatic carbocycles. The van der Waals surface area contributed by atoms with Crippen molar-refractivity contribution in [2.45, 2.75) is 66.0 Å². The van der Waals surface area contributed by atoms with E-state index in [1.54, 1.807) is 0 Å². The highest BCUT2D eigenvalue weighted by Crippen LogP contribution is 2.45. The number of hydrogen-bond donors (Lipinski definition) is 2. The van der Waals surface area contributed by atoms with E-state index in [9.17, 15) is 0 Å². The standard InChI is InChI=1S/C23H36N6.HI/c1-17(2)14-23(12-9-13-23)16-25-22(24-15-21-28-27-19(4)29(21)5)26-18(3)20-10-7-6-8-11-20;/h6-8,10-11,17-18H,9,12-16H2,1-5H3,(H2,24,25,26);1H. The number of halogens is 1. The van der Waals surface area contributed by atoms with E-state index in [1.165, 1.54) is 31.2 Å². The Hall–Kier alpha value is -1.64. The van der Waals surface area contributed by atoms with Crippen LogP contribution in [0.1, 0.15) is 69.7 Å². The summed E-state index contributed by atoms with van der Waals surface area (Å²) in [6, 6.07) is 10.7. The van der Waals surface area contributed by atoms with Gasteiger partial charge >= 0.3 is 0 Å². The lowest BCUT2D eigenvalue weighted by atomic mass is 9.64. The maximum atomic E-state index is 4.85. The van der Waals surface area contributed by atoms with Crippen LogP contribution in [0.4, 0.5) is 0 Å². The molecule has 6 nitrogen and oxygen atoms in total. The van der Waals surface area contributed by atoms with Gasteiger partial charge in [0, 0.05) is 13.6 Å². The van der Waals surface area contributed by atoms with Crippen molar-refractivity contribution in [1.29, 1.82) is 0 Å². The summed E-state index contributed by atoms with van der Waals surface area (Å²) < 4.78 is 1.99. The van der Waals surface area contributed by atoms with Crippen LogP contribution >= 0.6 is 24.0 Å². The lowest BCUT2D eigenvalue weighted by Crippen LogP contribution is -2.47. The van der Waals surface area contributed by atoms with Crippen LogP contribution in [-0.4, -0.2) is 27.3 Å². The monoisotopic (exact) mass is 524 g/mol. The van der Waals surface area contributed by atoms with Crippen LogP contribution in [0.2, 0.25) is 0 Å². The first-order valence-corrected chi connectivity index (χ1v) is 10.8. The second-order valence-corrected chi connectivity index (χ2v) is 8.97. The molecule has 1 heterocycles. The van der Waals surface area contributed by atoms with Gasteiger partial charge in [-0.15, -0.1) is 34.2 Å². The molecule has 1 atom stereocenters.